The van der Waals surface area contributed by atoms with Gasteiger partial charge in [0.2, 0.25) is 0 Å². The predicted molar refractivity (Wildman–Crippen MR) is 114 cm³/mol. The fourth-order valence-corrected chi connectivity index (χ4v) is 3.25. The molecule has 8 bridgehead atoms. The van der Waals surface area contributed by atoms with Crippen LogP contribution in [0.1, 0.15) is 0 Å². The smallest absolute Gasteiger partial charge is 0.0828 e. The van der Waals surface area contributed by atoms with Gasteiger partial charge in [0.1, 0.15) is 0 Å². The van der Waals surface area contributed by atoms with Crippen molar-refractivity contribution in [2.75, 3.05) is 0 Å². The summed E-state index contributed by atoms with van der Waals surface area (Å²) >= 11 is 0. The van der Waals surface area contributed by atoms with Crippen molar-refractivity contribution in [1.82, 2.24) is 0 Å². The summed E-state index contributed by atoms with van der Waals surface area (Å²) in [5.74, 6) is 5.34. The number of allylic oxidation sites excluding steroid dienone is 12. The molecule has 0 unspecified atom stereocenters. The zero-order chi connectivity index (χ0) is 19.1. The minimum absolute atomic E-state index is 0.590. The van der Waals surface area contributed by atoms with Gasteiger partial charge in [-0.1, -0.05) is 11.8 Å². The van der Waals surface area contributed by atoms with Crippen molar-refractivity contribution in [3.05, 3.63) is 94.7 Å². The molecule has 0 N–H and O–H groups in total. The molecule has 128 valence electrons. The number of fused-ring (bicyclic) bond motifs is 4. The average molecular weight is 356 g/mol. The van der Waals surface area contributed by atoms with Gasteiger partial charge < -0.3 is 0 Å². The molecule has 0 saturated carbocycles. The molecule has 0 aromatic heterocycles. The molecule has 0 atom stereocenters. The SMILES string of the molecule is C#CC1=C(C#C)C2=NC1=CC1=NC(=CC3=NC(=CC4=NC(=C2)C=C4)C=C3)C=C1. The second kappa shape index (κ2) is 6.16. The van der Waals surface area contributed by atoms with Gasteiger partial charge in [-0.05, 0) is 60.8 Å². The normalized spacial score (nSPS) is 21.2. The Morgan fingerprint density at radius 1 is 0.536 bits per heavy atom. The first-order chi connectivity index (χ1) is 13.7. The number of hydrogen-bond donors (Lipinski definition) is 0. The fourth-order valence-electron chi connectivity index (χ4n) is 3.25. The van der Waals surface area contributed by atoms with Crippen molar-refractivity contribution in [2.24, 2.45) is 20.0 Å². The molecule has 4 heteroatoms. The molecule has 4 nitrogen and oxygen atoms in total. The Balaban J connectivity index is 1.72. The molecule has 28 heavy (non-hydrogen) atoms. The number of rotatable bonds is 0. The van der Waals surface area contributed by atoms with Crippen LogP contribution in [0.3, 0.4) is 0 Å². The number of nitrogens with zero attached hydrogens (tertiary/aromatic N) is 4. The zero-order valence-electron chi connectivity index (χ0n) is 14.7. The van der Waals surface area contributed by atoms with Gasteiger partial charge in [0.15, 0.2) is 0 Å². The lowest BCUT2D eigenvalue weighted by Gasteiger charge is -1.95. The van der Waals surface area contributed by atoms with E-state index in [1.165, 1.54) is 0 Å². The van der Waals surface area contributed by atoms with E-state index in [1.54, 1.807) is 0 Å². The highest BCUT2D eigenvalue weighted by Gasteiger charge is 2.22. The summed E-state index contributed by atoms with van der Waals surface area (Å²) in [5.41, 5.74) is 7.27. The summed E-state index contributed by atoms with van der Waals surface area (Å²) in [6.07, 6.45) is 30.6. The van der Waals surface area contributed by atoms with Crippen molar-refractivity contribution in [3.63, 3.8) is 0 Å². The van der Waals surface area contributed by atoms with Gasteiger partial charge >= 0.3 is 0 Å². The Labute approximate surface area is 162 Å². The van der Waals surface area contributed by atoms with E-state index in [0.717, 1.165) is 34.2 Å². The van der Waals surface area contributed by atoms with Gasteiger partial charge in [0.25, 0.3) is 0 Å². The van der Waals surface area contributed by atoms with Crippen LogP contribution in [0.15, 0.2) is 115 Å². The van der Waals surface area contributed by atoms with Crippen molar-refractivity contribution < 1.29 is 0 Å². The van der Waals surface area contributed by atoms with Crippen molar-refractivity contribution >= 4 is 22.8 Å². The summed E-state index contributed by atoms with van der Waals surface area (Å²) in [6, 6.07) is 0. The Bertz CT molecular complexity index is 1290. The summed E-state index contributed by atoms with van der Waals surface area (Å²) in [5, 5.41) is 0. The Hall–Kier alpha value is -4.28. The van der Waals surface area contributed by atoms with Crippen molar-refractivity contribution in [1.29, 1.82) is 0 Å². The molecule has 0 saturated heterocycles. The van der Waals surface area contributed by atoms with Crippen LogP contribution in [0.25, 0.3) is 0 Å². The van der Waals surface area contributed by atoms with Gasteiger partial charge in [-0.15, -0.1) is 12.8 Å². The maximum atomic E-state index is 5.72. The van der Waals surface area contributed by atoms with Crippen molar-refractivity contribution in [2.45, 2.75) is 0 Å². The molecule has 5 aliphatic heterocycles. The first kappa shape index (κ1) is 15.9. The number of terminal acetylenes is 2. The van der Waals surface area contributed by atoms with Crippen molar-refractivity contribution in [3.8, 4) is 24.7 Å². The molecular formula is C24H12N4. The number of hydrogen-bond acceptors (Lipinski definition) is 4. The molecular weight excluding hydrogens is 344 g/mol. The predicted octanol–water partition coefficient (Wildman–Crippen LogP) is 3.59. The first-order valence-electron chi connectivity index (χ1n) is 8.66. The molecule has 0 aliphatic carbocycles. The van der Waals surface area contributed by atoms with E-state index in [2.05, 4.69) is 31.8 Å². The highest BCUT2D eigenvalue weighted by molar-refractivity contribution is 6.19. The lowest BCUT2D eigenvalue weighted by atomic mass is 10.0. The minimum Gasteiger partial charge on any atom is -0.249 e. The molecule has 0 radical (unpaired) electrons. The van der Waals surface area contributed by atoms with Gasteiger partial charge in [0.05, 0.1) is 56.8 Å². The van der Waals surface area contributed by atoms with E-state index in [1.807, 2.05) is 60.8 Å². The third-order valence-electron chi connectivity index (χ3n) is 4.50. The monoisotopic (exact) mass is 356 g/mol. The van der Waals surface area contributed by atoms with Crippen LogP contribution in [0.5, 0.6) is 0 Å². The van der Waals surface area contributed by atoms with Gasteiger partial charge in [-0.2, -0.15) is 0 Å². The standard InChI is InChI=1S/C24H12N4/c1-3-21-22(4-2)24-14-20-10-8-18(27-20)12-16-6-5-15(25-16)11-17-7-9-19(26-17)13-23(21)28-24/h1-2,5-14H. The zero-order valence-corrected chi connectivity index (χ0v) is 14.7. The molecule has 5 aliphatic rings. The molecule has 5 heterocycles. The minimum atomic E-state index is 0.590. The largest absolute Gasteiger partial charge is 0.249 e. The summed E-state index contributed by atoms with van der Waals surface area (Å²) < 4.78 is 0. The first-order valence-corrected chi connectivity index (χ1v) is 8.66. The maximum absolute atomic E-state index is 5.72. The summed E-state index contributed by atoms with van der Waals surface area (Å²) in [4.78, 5) is 18.5. The summed E-state index contributed by atoms with van der Waals surface area (Å²) in [7, 11) is 0. The third-order valence-corrected chi connectivity index (χ3v) is 4.50. The van der Waals surface area contributed by atoms with Crippen LogP contribution in [0.4, 0.5) is 0 Å². The van der Waals surface area contributed by atoms with E-state index in [9.17, 15) is 0 Å². The lowest BCUT2D eigenvalue weighted by Crippen LogP contribution is -1.95. The van der Waals surface area contributed by atoms with E-state index in [0.29, 0.717) is 22.6 Å². The third kappa shape index (κ3) is 2.70. The second-order valence-corrected chi connectivity index (χ2v) is 6.38. The van der Waals surface area contributed by atoms with E-state index < -0.39 is 0 Å². The second-order valence-electron chi connectivity index (χ2n) is 6.38. The topological polar surface area (TPSA) is 49.4 Å². The lowest BCUT2D eigenvalue weighted by molar-refractivity contribution is 1.40. The maximum Gasteiger partial charge on any atom is 0.0828 e. The van der Waals surface area contributed by atoms with Gasteiger partial charge in [0, 0.05) is 0 Å². The van der Waals surface area contributed by atoms with Crippen LogP contribution in [0.2, 0.25) is 0 Å². The Morgan fingerprint density at radius 2 is 1.04 bits per heavy atom. The van der Waals surface area contributed by atoms with Crippen LogP contribution in [-0.2, 0) is 0 Å². The molecule has 0 aromatic rings. The van der Waals surface area contributed by atoms with E-state index in [-0.39, 0.29) is 0 Å². The van der Waals surface area contributed by atoms with E-state index in [4.69, 9.17) is 12.8 Å². The van der Waals surface area contributed by atoms with Crippen LogP contribution in [-0.4, -0.2) is 22.8 Å². The van der Waals surface area contributed by atoms with Crippen LogP contribution < -0.4 is 0 Å². The van der Waals surface area contributed by atoms with Gasteiger partial charge in [-0.25, -0.2) is 20.0 Å². The molecule has 5 rings (SSSR count). The Morgan fingerprint density at radius 3 is 1.57 bits per heavy atom. The van der Waals surface area contributed by atoms with E-state index >= 15 is 0 Å². The molecule has 0 spiro atoms. The number of aliphatic imine (C=N–C) groups is 4. The van der Waals surface area contributed by atoms with Gasteiger partial charge in [-0.3, -0.25) is 0 Å². The molecule has 0 fully saturated rings. The molecule has 0 amide bonds. The quantitative estimate of drug-likeness (QED) is 0.596. The molecule has 0 aromatic carbocycles. The van der Waals surface area contributed by atoms with Crippen LogP contribution >= 0.6 is 0 Å². The fraction of sp³-hybridized carbons (Fsp3) is 0. The highest BCUT2D eigenvalue weighted by atomic mass is 14.8. The summed E-state index contributed by atoms with van der Waals surface area (Å²) in [6.45, 7) is 0. The average Bonchev–Trinajstić information content (AvgIpc) is 3.45. The highest BCUT2D eigenvalue weighted by Crippen LogP contribution is 2.28. The van der Waals surface area contributed by atoms with Crippen LogP contribution in [0, 0.1) is 24.7 Å². The Kier molecular flexibility index (Phi) is 3.50.